The van der Waals surface area contributed by atoms with E-state index in [1.807, 2.05) is 30.3 Å². The molecule has 1 fully saturated rings. The molecule has 1 aromatic rings. The van der Waals surface area contributed by atoms with Crippen LogP contribution in [0.3, 0.4) is 0 Å². The third kappa shape index (κ3) is 1.88. The minimum atomic E-state index is -0.561. The maximum absolute atomic E-state index is 11.9. The van der Waals surface area contributed by atoms with E-state index in [1.54, 1.807) is 0 Å². The average molecular weight is 244 g/mol. The number of benzene rings is 1. The maximum atomic E-state index is 11.9. The summed E-state index contributed by atoms with van der Waals surface area (Å²) in [5.41, 5.74) is 0.869. The highest BCUT2D eigenvalue weighted by Crippen LogP contribution is 2.28. The largest absolute Gasteiger partial charge is 0.446 e. The van der Waals surface area contributed by atoms with E-state index in [9.17, 15) is 4.79 Å². The number of nitrogens with zero attached hydrogens (tertiary/aromatic N) is 2. The van der Waals surface area contributed by atoms with Gasteiger partial charge in [0.25, 0.3) is 11.9 Å². The monoisotopic (exact) mass is 244 g/mol. The van der Waals surface area contributed by atoms with Crippen LogP contribution in [0.4, 0.5) is 0 Å². The number of carbonyl (C=O) groups excluding carboxylic acids is 1. The fourth-order valence-electron chi connectivity index (χ4n) is 2.52. The number of amides is 1. The highest BCUT2D eigenvalue weighted by Gasteiger charge is 2.36. The highest BCUT2D eigenvalue weighted by molar-refractivity contribution is 5.99. The topological polar surface area (TPSA) is 41.9 Å². The van der Waals surface area contributed by atoms with Gasteiger partial charge in [0, 0.05) is 18.2 Å². The van der Waals surface area contributed by atoms with Crippen molar-refractivity contribution < 1.29 is 9.53 Å². The first-order valence-corrected chi connectivity index (χ1v) is 6.36. The molecule has 2 atom stereocenters. The minimum Gasteiger partial charge on any atom is -0.446 e. The maximum Gasteiger partial charge on any atom is 0.296 e. The molecule has 0 saturated carbocycles. The van der Waals surface area contributed by atoms with E-state index in [-0.39, 0.29) is 5.91 Å². The van der Waals surface area contributed by atoms with Crippen molar-refractivity contribution in [2.45, 2.75) is 31.9 Å². The SMILES string of the molecule is CC1CCCN1C1=NC(=O)C(c2ccccc2)O1. The van der Waals surface area contributed by atoms with Gasteiger partial charge in [0.1, 0.15) is 0 Å². The number of amidine groups is 1. The second-order valence-electron chi connectivity index (χ2n) is 4.83. The number of aliphatic imine (C=N–C) groups is 1. The molecular weight excluding hydrogens is 228 g/mol. The zero-order chi connectivity index (χ0) is 12.5. The molecule has 2 aliphatic rings. The Hall–Kier alpha value is -1.84. The first-order valence-electron chi connectivity index (χ1n) is 6.36. The van der Waals surface area contributed by atoms with Crippen molar-refractivity contribution >= 4 is 11.9 Å². The second kappa shape index (κ2) is 4.44. The summed E-state index contributed by atoms with van der Waals surface area (Å²) in [6.07, 6.45) is 1.70. The molecule has 1 aromatic carbocycles. The fourth-order valence-corrected chi connectivity index (χ4v) is 2.52. The standard InChI is InChI=1S/C14H16N2O2/c1-10-6-5-9-16(10)14-15-13(17)12(18-14)11-7-3-2-4-8-11/h2-4,7-8,10,12H,5-6,9H2,1H3. The molecule has 0 radical (unpaired) electrons. The number of hydrogen-bond donors (Lipinski definition) is 0. The van der Waals surface area contributed by atoms with Gasteiger partial charge in [-0.05, 0) is 19.8 Å². The number of hydrogen-bond acceptors (Lipinski definition) is 3. The fraction of sp³-hybridized carbons (Fsp3) is 0.429. The van der Waals surface area contributed by atoms with Crippen molar-refractivity contribution in [1.29, 1.82) is 0 Å². The van der Waals surface area contributed by atoms with Gasteiger partial charge in [-0.3, -0.25) is 4.79 Å². The Kier molecular flexibility index (Phi) is 2.78. The van der Waals surface area contributed by atoms with Gasteiger partial charge in [-0.2, -0.15) is 4.99 Å². The van der Waals surface area contributed by atoms with E-state index < -0.39 is 6.10 Å². The summed E-state index contributed by atoms with van der Waals surface area (Å²) in [6, 6.07) is 10.4. The quantitative estimate of drug-likeness (QED) is 0.760. The molecule has 1 amide bonds. The Morgan fingerprint density at radius 1 is 1.33 bits per heavy atom. The molecule has 0 N–H and O–H groups in total. The predicted molar refractivity (Wildman–Crippen MR) is 68.1 cm³/mol. The Labute approximate surface area is 106 Å². The summed E-state index contributed by atoms with van der Waals surface area (Å²) in [5.74, 6) is -0.199. The van der Waals surface area contributed by atoms with Gasteiger partial charge in [0.05, 0.1) is 0 Å². The van der Waals surface area contributed by atoms with Crippen LogP contribution < -0.4 is 0 Å². The molecule has 18 heavy (non-hydrogen) atoms. The average Bonchev–Trinajstić information content (AvgIpc) is 2.96. The summed E-state index contributed by atoms with van der Waals surface area (Å²) < 4.78 is 5.74. The molecule has 0 aliphatic carbocycles. The van der Waals surface area contributed by atoms with Gasteiger partial charge in [-0.1, -0.05) is 30.3 Å². The normalized spacial score (nSPS) is 27.3. The first kappa shape index (κ1) is 11.3. The molecule has 0 aromatic heterocycles. The molecule has 0 spiro atoms. The minimum absolute atomic E-state index is 0.199. The first-order chi connectivity index (χ1) is 8.75. The lowest BCUT2D eigenvalue weighted by atomic mass is 10.1. The summed E-state index contributed by atoms with van der Waals surface area (Å²) in [5, 5.41) is 0. The van der Waals surface area contributed by atoms with E-state index in [0.717, 1.165) is 24.9 Å². The van der Waals surface area contributed by atoms with E-state index in [4.69, 9.17) is 4.74 Å². The van der Waals surface area contributed by atoms with Crippen LogP contribution in [0.5, 0.6) is 0 Å². The van der Waals surface area contributed by atoms with Crippen LogP contribution in [0.15, 0.2) is 35.3 Å². The number of rotatable bonds is 1. The van der Waals surface area contributed by atoms with Gasteiger partial charge in [-0.15, -0.1) is 0 Å². The van der Waals surface area contributed by atoms with Crippen LogP contribution >= 0.6 is 0 Å². The van der Waals surface area contributed by atoms with E-state index in [1.165, 1.54) is 0 Å². The summed E-state index contributed by atoms with van der Waals surface area (Å²) >= 11 is 0. The Morgan fingerprint density at radius 2 is 2.11 bits per heavy atom. The Morgan fingerprint density at radius 3 is 2.78 bits per heavy atom. The summed E-state index contributed by atoms with van der Waals surface area (Å²) in [6.45, 7) is 3.06. The molecule has 4 heteroatoms. The zero-order valence-electron chi connectivity index (χ0n) is 10.4. The third-order valence-electron chi connectivity index (χ3n) is 3.55. The van der Waals surface area contributed by atoms with Crippen molar-refractivity contribution in [1.82, 2.24) is 4.90 Å². The van der Waals surface area contributed by atoms with Gasteiger partial charge < -0.3 is 9.64 Å². The van der Waals surface area contributed by atoms with E-state index in [0.29, 0.717) is 12.1 Å². The Bertz CT molecular complexity index is 484. The van der Waals surface area contributed by atoms with Crippen molar-refractivity contribution in [3.63, 3.8) is 0 Å². The smallest absolute Gasteiger partial charge is 0.296 e. The van der Waals surface area contributed by atoms with Gasteiger partial charge in [0.15, 0.2) is 0 Å². The van der Waals surface area contributed by atoms with Crippen LogP contribution in [0.1, 0.15) is 31.4 Å². The molecule has 4 nitrogen and oxygen atoms in total. The Balaban J connectivity index is 1.79. The van der Waals surface area contributed by atoms with Crippen LogP contribution in [-0.2, 0) is 9.53 Å². The third-order valence-corrected chi connectivity index (χ3v) is 3.55. The van der Waals surface area contributed by atoms with Crippen LogP contribution in [0.25, 0.3) is 0 Å². The van der Waals surface area contributed by atoms with E-state index in [2.05, 4.69) is 16.8 Å². The highest BCUT2D eigenvalue weighted by atomic mass is 16.5. The molecular formula is C14H16N2O2. The van der Waals surface area contributed by atoms with Crippen molar-refractivity contribution in [3.05, 3.63) is 35.9 Å². The van der Waals surface area contributed by atoms with Crippen molar-refractivity contribution in [3.8, 4) is 0 Å². The molecule has 94 valence electrons. The lowest BCUT2D eigenvalue weighted by Crippen LogP contribution is -2.34. The predicted octanol–water partition coefficient (Wildman–Crippen LogP) is 2.12. The van der Waals surface area contributed by atoms with Crippen LogP contribution in [-0.4, -0.2) is 29.4 Å². The van der Waals surface area contributed by atoms with Crippen LogP contribution in [0.2, 0.25) is 0 Å². The molecule has 3 rings (SSSR count). The molecule has 2 aliphatic heterocycles. The number of likely N-dealkylation sites (tertiary alicyclic amines) is 1. The molecule has 2 heterocycles. The summed E-state index contributed by atoms with van der Waals surface area (Å²) in [4.78, 5) is 18.1. The van der Waals surface area contributed by atoms with Gasteiger partial charge in [0.2, 0.25) is 6.10 Å². The lowest BCUT2D eigenvalue weighted by molar-refractivity contribution is -0.123. The van der Waals surface area contributed by atoms with Crippen molar-refractivity contribution in [2.24, 2.45) is 4.99 Å². The molecule has 2 unspecified atom stereocenters. The van der Waals surface area contributed by atoms with Crippen molar-refractivity contribution in [2.75, 3.05) is 6.54 Å². The second-order valence-corrected chi connectivity index (χ2v) is 4.83. The molecule has 0 bridgehead atoms. The lowest BCUT2D eigenvalue weighted by Gasteiger charge is -2.22. The zero-order valence-corrected chi connectivity index (χ0v) is 10.4. The molecule has 1 saturated heterocycles. The van der Waals surface area contributed by atoms with Gasteiger partial charge >= 0.3 is 0 Å². The van der Waals surface area contributed by atoms with Gasteiger partial charge in [-0.25, -0.2) is 0 Å². The summed E-state index contributed by atoms with van der Waals surface area (Å²) in [7, 11) is 0. The number of carbonyl (C=O) groups is 1. The number of ether oxygens (including phenoxy) is 1. The van der Waals surface area contributed by atoms with Crippen LogP contribution in [0, 0.1) is 0 Å². The van der Waals surface area contributed by atoms with E-state index >= 15 is 0 Å².